The molecule has 0 saturated heterocycles. The average Bonchev–Trinajstić information content (AvgIpc) is 2.35. The number of alkyl carbamates (subject to hydrolysis) is 1. The number of carbonyl (C=O) groups is 1. The highest BCUT2D eigenvalue weighted by Crippen LogP contribution is 2.24. The van der Waals surface area contributed by atoms with E-state index in [1.165, 1.54) is 0 Å². The molecule has 1 aromatic rings. The van der Waals surface area contributed by atoms with Crippen molar-refractivity contribution in [3.05, 3.63) is 35.9 Å². The van der Waals surface area contributed by atoms with Gasteiger partial charge in [0, 0.05) is 0 Å². The summed E-state index contributed by atoms with van der Waals surface area (Å²) in [6, 6.07) is 9.82. The van der Waals surface area contributed by atoms with Crippen LogP contribution < -0.4 is 11.1 Å². The van der Waals surface area contributed by atoms with E-state index in [0.29, 0.717) is 6.54 Å². The van der Waals surface area contributed by atoms with Crippen molar-refractivity contribution >= 4 is 6.09 Å². The monoisotopic (exact) mass is 278 g/mol. The van der Waals surface area contributed by atoms with Crippen LogP contribution in [-0.2, 0) is 4.74 Å². The van der Waals surface area contributed by atoms with Crippen molar-refractivity contribution in [1.29, 1.82) is 0 Å². The quantitative estimate of drug-likeness (QED) is 0.869. The van der Waals surface area contributed by atoms with Gasteiger partial charge in [0.05, 0.1) is 6.04 Å². The van der Waals surface area contributed by atoms with Crippen LogP contribution in [0.1, 0.15) is 45.7 Å². The maximum absolute atomic E-state index is 12.0. The molecule has 0 bridgehead atoms. The Kier molecular flexibility index (Phi) is 6.02. The number of ether oxygens (including phenoxy) is 1. The predicted octanol–water partition coefficient (Wildman–Crippen LogP) is 3.24. The number of hydrogen-bond donors (Lipinski definition) is 2. The third kappa shape index (κ3) is 5.61. The number of carbonyl (C=O) groups excluding carboxylic acids is 1. The number of nitrogens with one attached hydrogen (secondary N) is 1. The molecule has 0 aromatic heterocycles. The van der Waals surface area contributed by atoms with Crippen molar-refractivity contribution in [2.45, 2.75) is 45.8 Å². The first-order valence-electron chi connectivity index (χ1n) is 7.08. The van der Waals surface area contributed by atoms with Crippen LogP contribution in [0.5, 0.6) is 0 Å². The van der Waals surface area contributed by atoms with Crippen LogP contribution in [0.25, 0.3) is 0 Å². The SMILES string of the molecule is CC(CCN)C(NC(=O)OC(C)(C)C)c1ccccc1. The highest BCUT2D eigenvalue weighted by Gasteiger charge is 2.24. The molecule has 0 fully saturated rings. The Morgan fingerprint density at radius 1 is 1.30 bits per heavy atom. The summed E-state index contributed by atoms with van der Waals surface area (Å²) in [5.74, 6) is 0.245. The Bertz CT molecular complexity index is 412. The van der Waals surface area contributed by atoms with Gasteiger partial charge < -0.3 is 15.8 Å². The molecule has 20 heavy (non-hydrogen) atoms. The summed E-state index contributed by atoms with van der Waals surface area (Å²) in [6.45, 7) is 8.25. The normalized spacial score (nSPS) is 14.4. The van der Waals surface area contributed by atoms with E-state index < -0.39 is 11.7 Å². The zero-order chi connectivity index (χ0) is 15.2. The molecular formula is C16H26N2O2. The number of nitrogens with two attached hydrogens (primary N) is 1. The lowest BCUT2D eigenvalue weighted by Crippen LogP contribution is -2.37. The molecule has 2 atom stereocenters. The molecule has 2 unspecified atom stereocenters. The topological polar surface area (TPSA) is 64.3 Å². The van der Waals surface area contributed by atoms with Gasteiger partial charge in [0.2, 0.25) is 0 Å². The van der Waals surface area contributed by atoms with Gasteiger partial charge in [-0.05, 0) is 45.2 Å². The maximum atomic E-state index is 12.0. The summed E-state index contributed by atoms with van der Waals surface area (Å²) in [6.07, 6.45) is 0.449. The number of hydrogen-bond acceptors (Lipinski definition) is 3. The fourth-order valence-corrected chi connectivity index (χ4v) is 2.08. The van der Waals surface area contributed by atoms with Crippen molar-refractivity contribution in [3.63, 3.8) is 0 Å². The first-order valence-corrected chi connectivity index (χ1v) is 7.08. The van der Waals surface area contributed by atoms with E-state index in [1.54, 1.807) is 0 Å². The van der Waals surface area contributed by atoms with Crippen LogP contribution in [0.15, 0.2) is 30.3 Å². The summed E-state index contributed by atoms with van der Waals surface area (Å²) < 4.78 is 5.34. The third-order valence-electron chi connectivity index (χ3n) is 3.02. The number of benzene rings is 1. The van der Waals surface area contributed by atoms with Gasteiger partial charge in [0.1, 0.15) is 5.60 Å². The van der Waals surface area contributed by atoms with Crippen LogP contribution in [0.4, 0.5) is 4.79 Å². The largest absolute Gasteiger partial charge is 0.444 e. The lowest BCUT2D eigenvalue weighted by atomic mass is 9.92. The molecule has 0 heterocycles. The molecule has 4 nitrogen and oxygen atoms in total. The van der Waals surface area contributed by atoms with E-state index in [1.807, 2.05) is 51.1 Å². The van der Waals surface area contributed by atoms with E-state index in [2.05, 4.69) is 12.2 Å². The summed E-state index contributed by atoms with van der Waals surface area (Å²) in [7, 11) is 0. The molecule has 1 aromatic carbocycles. The van der Waals surface area contributed by atoms with Crippen LogP contribution >= 0.6 is 0 Å². The minimum absolute atomic E-state index is 0.0883. The lowest BCUT2D eigenvalue weighted by molar-refractivity contribution is 0.0486. The zero-order valence-corrected chi connectivity index (χ0v) is 12.8. The summed E-state index contributed by atoms with van der Waals surface area (Å²) in [4.78, 5) is 12.0. The minimum Gasteiger partial charge on any atom is -0.444 e. The Labute approximate surface area is 121 Å². The highest BCUT2D eigenvalue weighted by molar-refractivity contribution is 5.68. The van der Waals surface area contributed by atoms with Crippen LogP contribution in [0, 0.1) is 5.92 Å². The van der Waals surface area contributed by atoms with Gasteiger partial charge in [-0.15, -0.1) is 0 Å². The predicted molar refractivity (Wildman–Crippen MR) is 81.4 cm³/mol. The molecule has 3 N–H and O–H groups in total. The molecule has 1 rings (SSSR count). The Morgan fingerprint density at radius 3 is 2.40 bits per heavy atom. The van der Waals surface area contributed by atoms with Gasteiger partial charge in [-0.1, -0.05) is 37.3 Å². The Hall–Kier alpha value is -1.55. The standard InChI is InChI=1S/C16H26N2O2/c1-12(10-11-17)14(13-8-6-5-7-9-13)18-15(19)20-16(2,3)4/h5-9,12,14H,10-11,17H2,1-4H3,(H,18,19). The maximum Gasteiger partial charge on any atom is 0.408 e. The van der Waals surface area contributed by atoms with Crippen LogP contribution in [0.2, 0.25) is 0 Å². The van der Waals surface area contributed by atoms with Crippen LogP contribution in [-0.4, -0.2) is 18.2 Å². The van der Waals surface area contributed by atoms with Gasteiger partial charge in [-0.2, -0.15) is 0 Å². The molecule has 0 saturated carbocycles. The van der Waals surface area contributed by atoms with Gasteiger partial charge in [0.25, 0.3) is 0 Å². The molecular weight excluding hydrogens is 252 g/mol. The fourth-order valence-electron chi connectivity index (χ4n) is 2.08. The van der Waals surface area contributed by atoms with Gasteiger partial charge >= 0.3 is 6.09 Å². The van der Waals surface area contributed by atoms with Gasteiger partial charge in [-0.3, -0.25) is 0 Å². The smallest absolute Gasteiger partial charge is 0.408 e. The van der Waals surface area contributed by atoms with E-state index in [-0.39, 0.29) is 12.0 Å². The second-order valence-corrected chi connectivity index (χ2v) is 6.09. The highest BCUT2D eigenvalue weighted by atomic mass is 16.6. The first-order chi connectivity index (χ1) is 9.33. The van der Waals surface area contributed by atoms with E-state index in [0.717, 1.165) is 12.0 Å². The van der Waals surface area contributed by atoms with E-state index >= 15 is 0 Å². The molecule has 0 radical (unpaired) electrons. The van der Waals surface area contributed by atoms with Gasteiger partial charge in [-0.25, -0.2) is 4.79 Å². The second-order valence-electron chi connectivity index (χ2n) is 6.09. The van der Waals surface area contributed by atoms with Crippen molar-refractivity contribution in [2.75, 3.05) is 6.54 Å². The first kappa shape index (κ1) is 16.5. The second kappa shape index (κ2) is 7.29. The summed E-state index contributed by atoms with van der Waals surface area (Å²) in [5, 5.41) is 2.96. The number of amides is 1. The number of rotatable bonds is 5. The molecule has 112 valence electrons. The minimum atomic E-state index is -0.498. The Morgan fingerprint density at radius 2 is 1.90 bits per heavy atom. The van der Waals surface area contributed by atoms with Gasteiger partial charge in [0.15, 0.2) is 0 Å². The lowest BCUT2D eigenvalue weighted by Gasteiger charge is -2.27. The van der Waals surface area contributed by atoms with Crippen molar-refractivity contribution < 1.29 is 9.53 Å². The molecule has 0 aliphatic rings. The zero-order valence-electron chi connectivity index (χ0n) is 12.8. The third-order valence-corrected chi connectivity index (χ3v) is 3.02. The van der Waals surface area contributed by atoms with E-state index in [4.69, 9.17) is 10.5 Å². The molecule has 4 heteroatoms. The fraction of sp³-hybridized carbons (Fsp3) is 0.562. The average molecular weight is 278 g/mol. The van der Waals surface area contributed by atoms with Crippen molar-refractivity contribution in [1.82, 2.24) is 5.32 Å². The summed E-state index contributed by atoms with van der Waals surface area (Å²) in [5.41, 5.74) is 6.21. The van der Waals surface area contributed by atoms with E-state index in [9.17, 15) is 4.79 Å². The van der Waals surface area contributed by atoms with Crippen molar-refractivity contribution in [2.24, 2.45) is 11.7 Å². The molecule has 0 aliphatic carbocycles. The molecule has 1 amide bonds. The van der Waals surface area contributed by atoms with Crippen molar-refractivity contribution in [3.8, 4) is 0 Å². The Balaban J connectivity index is 2.81. The van der Waals surface area contributed by atoms with Crippen LogP contribution in [0.3, 0.4) is 0 Å². The molecule has 0 spiro atoms. The molecule has 0 aliphatic heterocycles. The summed E-state index contributed by atoms with van der Waals surface area (Å²) >= 11 is 0.